The second-order valence-corrected chi connectivity index (χ2v) is 5.61. The fourth-order valence-electron chi connectivity index (χ4n) is 2.22. The lowest BCUT2D eigenvalue weighted by molar-refractivity contribution is 0.0923. The van der Waals surface area contributed by atoms with Gasteiger partial charge in [-0.25, -0.2) is 4.98 Å². The van der Waals surface area contributed by atoms with Gasteiger partial charge in [-0.2, -0.15) is 0 Å². The van der Waals surface area contributed by atoms with E-state index in [-0.39, 0.29) is 5.91 Å². The number of hydrogen-bond donors (Lipinski definition) is 1. The Kier molecular flexibility index (Phi) is 4.15. The van der Waals surface area contributed by atoms with Crippen molar-refractivity contribution in [2.24, 2.45) is 5.92 Å². The zero-order valence-electron chi connectivity index (χ0n) is 9.95. The molecule has 4 heteroatoms. The molecule has 1 amide bonds. The number of amides is 1. The molecule has 1 aromatic rings. The fourth-order valence-corrected chi connectivity index (χ4v) is 2.58. The van der Waals surface area contributed by atoms with Crippen LogP contribution in [0.4, 0.5) is 0 Å². The van der Waals surface area contributed by atoms with Gasteiger partial charge in [0.05, 0.1) is 0 Å². The number of halogens is 1. The molecule has 1 saturated carbocycles. The Morgan fingerprint density at radius 1 is 1.41 bits per heavy atom. The second-order valence-electron chi connectivity index (χ2n) is 4.80. The van der Waals surface area contributed by atoms with Crippen molar-refractivity contribution < 1.29 is 4.79 Å². The topological polar surface area (TPSA) is 42.0 Å². The Morgan fingerprint density at radius 2 is 2.12 bits per heavy atom. The minimum atomic E-state index is 0.00709. The summed E-state index contributed by atoms with van der Waals surface area (Å²) in [5, 5.41) is 3.10. The van der Waals surface area contributed by atoms with Crippen LogP contribution in [-0.2, 0) is 0 Å². The third-order valence-electron chi connectivity index (χ3n) is 3.34. The van der Waals surface area contributed by atoms with Gasteiger partial charge in [0.15, 0.2) is 0 Å². The highest BCUT2D eigenvalue weighted by molar-refractivity contribution is 9.10. The highest BCUT2D eigenvalue weighted by Crippen LogP contribution is 2.23. The SMILES string of the molecule is CC1CCC(NC(=O)c2ccnc(Br)c2)CC1. The normalized spacial score (nSPS) is 24.4. The maximum atomic E-state index is 12.0. The molecule has 1 fully saturated rings. The smallest absolute Gasteiger partial charge is 0.251 e. The molecule has 1 aromatic heterocycles. The van der Waals surface area contributed by atoms with Crippen LogP contribution in [0.1, 0.15) is 43.0 Å². The van der Waals surface area contributed by atoms with Gasteiger partial charge in [-0.1, -0.05) is 6.92 Å². The van der Waals surface area contributed by atoms with Crippen molar-refractivity contribution in [1.29, 1.82) is 0 Å². The van der Waals surface area contributed by atoms with Crippen molar-refractivity contribution in [3.63, 3.8) is 0 Å². The lowest BCUT2D eigenvalue weighted by atomic mass is 9.87. The molecule has 0 bridgehead atoms. The molecule has 0 radical (unpaired) electrons. The van der Waals surface area contributed by atoms with Crippen LogP contribution in [0, 0.1) is 5.92 Å². The number of nitrogens with zero attached hydrogens (tertiary/aromatic N) is 1. The average Bonchev–Trinajstić information content (AvgIpc) is 2.32. The van der Waals surface area contributed by atoms with E-state index < -0.39 is 0 Å². The van der Waals surface area contributed by atoms with Crippen molar-refractivity contribution in [2.75, 3.05) is 0 Å². The van der Waals surface area contributed by atoms with Crippen LogP contribution >= 0.6 is 15.9 Å². The Balaban J connectivity index is 1.93. The largest absolute Gasteiger partial charge is 0.349 e. The summed E-state index contributed by atoms with van der Waals surface area (Å²) in [6, 6.07) is 3.83. The summed E-state index contributed by atoms with van der Waals surface area (Å²) >= 11 is 3.27. The first-order valence-corrected chi connectivity index (χ1v) is 6.87. The highest BCUT2D eigenvalue weighted by Gasteiger charge is 2.20. The van der Waals surface area contributed by atoms with Gasteiger partial charge in [0, 0.05) is 17.8 Å². The summed E-state index contributed by atoms with van der Waals surface area (Å²) < 4.78 is 0.697. The predicted octanol–water partition coefficient (Wildman–Crippen LogP) is 3.15. The number of carbonyl (C=O) groups is 1. The van der Waals surface area contributed by atoms with E-state index in [1.807, 2.05) is 0 Å². The van der Waals surface area contributed by atoms with E-state index in [4.69, 9.17) is 0 Å². The minimum absolute atomic E-state index is 0.00709. The lowest BCUT2D eigenvalue weighted by Gasteiger charge is -2.26. The molecule has 3 nitrogen and oxygen atoms in total. The van der Waals surface area contributed by atoms with Crippen LogP contribution < -0.4 is 5.32 Å². The Morgan fingerprint density at radius 3 is 2.76 bits per heavy atom. The van der Waals surface area contributed by atoms with Gasteiger partial charge in [0.25, 0.3) is 5.91 Å². The lowest BCUT2D eigenvalue weighted by Crippen LogP contribution is -2.37. The first-order valence-electron chi connectivity index (χ1n) is 6.07. The Bertz CT molecular complexity index is 400. The zero-order chi connectivity index (χ0) is 12.3. The van der Waals surface area contributed by atoms with Crippen molar-refractivity contribution >= 4 is 21.8 Å². The van der Waals surface area contributed by atoms with Crippen LogP contribution in [0.3, 0.4) is 0 Å². The Labute approximate surface area is 110 Å². The maximum Gasteiger partial charge on any atom is 0.251 e. The van der Waals surface area contributed by atoms with Gasteiger partial charge in [0.2, 0.25) is 0 Å². The number of hydrogen-bond acceptors (Lipinski definition) is 2. The van der Waals surface area contributed by atoms with Crippen LogP contribution in [0.5, 0.6) is 0 Å². The summed E-state index contributed by atoms with van der Waals surface area (Å²) in [7, 11) is 0. The molecule has 1 aliphatic carbocycles. The van der Waals surface area contributed by atoms with E-state index in [9.17, 15) is 4.79 Å². The van der Waals surface area contributed by atoms with Gasteiger partial charge in [-0.3, -0.25) is 4.79 Å². The fraction of sp³-hybridized carbons (Fsp3) is 0.538. The van der Waals surface area contributed by atoms with Gasteiger partial charge in [-0.05, 0) is 59.7 Å². The molecule has 0 aromatic carbocycles. The molecule has 1 N–H and O–H groups in total. The van der Waals surface area contributed by atoms with Crippen molar-refractivity contribution in [2.45, 2.75) is 38.6 Å². The quantitative estimate of drug-likeness (QED) is 0.852. The first kappa shape index (κ1) is 12.6. The van der Waals surface area contributed by atoms with Crippen LogP contribution in [0.2, 0.25) is 0 Å². The van der Waals surface area contributed by atoms with Crippen LogP contribution in [0.15, 0.2) is 22.9 Å². The highest BCUT2D eigenvalue weighted by atomic mass is 79.9. The molecular weight excluding hydrogens is 280 g/mol. The van der Waals surface area contributed by atoms with E-state index in [1.165, 1.54) is 12.8 Å². The maximum absolute atomic E-state index is 12.0. The summed E-state index contributed by atoms with van der Waals surface area (Å²) in [6.45, 7) is 2.28. The van der Waals surface area contributed by atoms with Gasteiger partial charge in [0.1, 0.15) is 4.60 Å². The second kappa shape index (κ2) is 5.63. The van der Waals surface area contributed by atoms with Crippen molar-refractivity contribution in [3.05, 3.63) is 28.5 Å². The van der Waals surface area contributed by atoms with E-state index in [2.05, 4.69) is 33.2 Å². The molecule has 1 heterocycles. The molecule has 92 valence electrons. The number of rotatable bonds is 2. The summed E-state index contributed by atoms with van der Waals surface area (Å²) in [5.41, 5.74) is 0.672. The van der Waals surface area contributed by atoms with Gasteiger partial charge >= 0.3 is 0 Å². The first-order chi connectivity index (χ1) is 8.15. The van der Waals surface area contributed by atoms with Crippen LogP contribution in [-0.4, -0.2) is 16.9 Å². The predicted molar refractivity (Wildman–Crippen MR) is 70.8 cm³/mol. The summed E-state index contributed by atoms with van der Waals surface area (Å²) in [6.07, 6.45) is 6.26. The number of pyridine rings is 1. The van der Waals surface area contributed by atoms with E-state index in [1.54, 1.807) is 18.3 Å². The number of aromatic nitrogens is 1. The van der Waals surface area contributed by atoms with Gasteiger partial charge < -0.3 is 5.32 Å². The van der Waals surface area contributed by atoms with Gasteiger partial charge in [-0.15, -0.1) is 0 Å². The summed E-state index contributed by atoms with van der Waals surface area (Å²) in [5.74, 6) is 0.811. The average molecular weight is 297 g/mol. The number of nitrogens with one attached hydrogen (secondary N) is 1. The molecule has 0 atom stereocenters. The van der Waals surface area contributed by atoms with Crippen molar-refractivity contribution in [3.8, 4) is 0 Å². The molecule has 17 heavy (non-hydrogen) atoms. The standard InChI is InChI=1S/C13H17BrN2O/c1-9-2-4-11(5-3-9)16-13(17)10-6-7-15-12(14)8-10/h6-9,11H,2-5H2,1H3,(H,16,17). The number of carbonyl (C=O) groups excluding carboxylic acids is 1. The monoisotopic (exact) mass is 296 g/mol. The summed E-state index contributed by atoms with van der Waals surface area (Å²) in [4.78, 5) is 16.0. The molecular formula is C13H17BrN2O. The Hall–Kier alpha value is -0.900. The van der Waals surface area contributed by atoms with Crippen LogP contribution in [0.25, 0.3) is 0 Å². The third kappa shape index (κ3) is 3.53. The molecule has 0 unspecified atom stereocenters. The molecule has 2 rings (SSSR count). The molecule has 0 aliphatic heterocycles. The minimum Gasteiger partial charge on any atom is -0.349 e. The van der Waals surface area contributed by atoms with E-state index in [0.717, 1.165) is 18.8 Å². The molecule has 0 saturated heterocycles. The molecule has 1 aliphatic rings. The van der Waals surface area contributed by atoms with E-state index in [0.29, 0.717) is 16.2 Å². The molecule has 0 spiro atoms. The zero-order valence-corrected chi connectivity index (χ0v) is 11.5. The van der Waals surface area contributed by atoms with E-state index >= 15 is 0 Å². The van der Waals surface area contributed by atoms with Crippen molar-refractivity contribution in [1.82, 2.24) is 10.3 Å². The third-order valence-corrected chi connectivity index (χ3v) is 3.77.